The van der Waals surface area contributed by atoms with Crippen molar-refractivity contribution in [3.05, 3.63) is 0 Å². The molecular formula is C9H17F2N. The zero-order valence-electron chi connectivity index (χ0n) is 7.52. The normalized spacial score (nSPS) is 22.0. The van der Waals surface area contributed by atoms with Gasteiger partial charge in [-0.1, -0.05) is 12.8 Å². The van der Waals surface area contributed by atoms with Crippen molar-refractivity contribution in [3.8, 4) is 0 Å². The quantitative estimate of drug-likeness (QED) is 0.695. The molecule has 0 radical (unpaired) electrons. The lowest BCUT2D eigenvalue weighted by molar-refractivity contribution is 0.138. The molecule has 3 heteroatoms. The first-order valence-electron chi connectivity index (χ1n) is 4.71. The van der Waals surface area contributed by atoms with Crippen LogP contribution in [0.2, 0.25) is 0 Å². The third-order valence-corrected chi connectivity index (χ3v) is 2.70. The standard InChI is InChI=1S/C9H17F2N/c1-7(12-6-9(10)11)8-4-2-3-5-8/h7-9,12H,2-6H2,1H3. The Morgan fingerprint density at radius 2 is 1.92 bits per heavy atom. The van der Waals surface area contributed by atoms with Crippen molar-refractivity contribution < 1.29 is 8.78 Å². The van der Waals surface area contributed by atoms with Gasteiger partial charge in [0.2, 0.25) is 0 Å². The highest BCUT2D eigenvalue weighted by Gasteiger charge is 2.21. The molecule has 1 fully saturated rings. The number of nitrogens with one attached hydrogen (secondary N) is 1. The molecule has 12 heavy (non-hydrogen) atoms. The minimum absolute atomic E-state index is 0.155. The van der Waals surface area contributed by atoms with Gasteiger partial charge < -0.3 is 5.32 Å². The second-order valence-electron chi connectivity index (χ2n) is 3.63. The van der Waals surface area contributed by atoms with Gasteiger partial charge >= 0.3 is 0 Å². The van der Waals surface area contributed by atoms with Crippen molar-refractivity contribution in [3.63, 3.8) is 0 Å². The molecule has 72 valence electrons. The second kappa shape index (κ2) is 4.75. The van der Waals surface area contributed by atoms with Crippen molar-refractivity contribution in [2.45, 2.75) is 45.1 Å². The summed E-state index contributed by atoms with van der Waals surface area (Å²) in [6.07, 6.45) is 2.74. The highest BCUT2D eigenvalue weighted by molar-refractivity contribution is 4.77. The summed E-state index contributed by atoms with van der Waals surface area (Å²) in [5.74, 6) is 0.628. The van der Waals surface area contributed by atoms with Crippen molar-refractivity contribution in [1.29, 1.82) is 0 Å². The monoisotopic (exact) mass is 177 g/mol. The molecular weight excluding hydrogens is 160 g/mol. The van der Waals surface area contributed by atoms with Crippen molar-refractivity contribution in [2.24, 2.45) is 5.92 Å². The van der Waals surface area contributed by atoms with Crippen LogP contribution in [0.5, 0.6) is 0 Å². The Kier molecular flexibility index (Phi) is 3.92. The van der Waals surface area contributed by atoms with Gasteiger partial charge in [-0.05, 0) is 25.7 Å². The molecule has 1 aliphatic carbocycles. The minimum Gasteiger partial charge on any atom is -0.309 e. The molecule has 1 rings (SSSR count). The summed E-state index contributed by atoms with van der Waals surface area (Å²) in [5.41, 5.74) is 0. The van der Waals surface area contributed by atoms with Crippen molar-refractivity contribution >= 4 is 0 Å². The second-order valence-corrected chi connectivity index (χ2v) is 3.63. The Morgan fingerprint density at radius 3 is 2.42 bits per heavy atom. The van der Waals surface area contributed by atoms with Gasteiger partial charge in [0, 0.05) is 6.04 Å². The lowest BCUT2D eigenvalue weighted by Crippen LogP contribution is -2.35. The van der Waals surface area contributed by atoms with E-state index >= 15 is 0 Å². The molecule has 0 bridgehead atoms. The third-order valence-electron chi connectivity index (χ3n) is 2.70. The van der Waals surface area contributed by atoms with Crippen LogP contribution in [0.15, 0.2) is 0 Å². The molecule has 0 aliphatic heterocycles. The van der Waals surface area contributed by atoms with Gasteiger partial charge in [-0.3, -0.25) is 0 Å². The van der Waals surface area contributed by atoms with E-state index in [-0.39, 0.29) is 12.6 Å². The number of halogens is 2. The van der Waals surface area contributed by atoms with E-state index in [0.717, 1.165) is 0 Å². The fourth-order valence-electron chi connectivity index (χ4n) is 1.90. The first kappa shape index (κ1) is 9.90. The van der Waals surface area contributed by atoms with Crippen LogP contribution in [0, 0.1) is 5.92 Å². The molecule has 0 heterocycles. The maximum absolute atomic E-state index is 11.8. The first-order chi connectivity index (χ1) is 5.70. The van der Waals surface area contributed by atoms with Gasteiger partial charge in [-0.15, -0.1) is 0 Å². The topological polar surface area (TPSA) is 12.0 Å². The maximum Gasteiger partial charge on any atom is 0.250 e. The van der Waals surface area contributed by atoms with Crippen LogP contribution < -0.4 is 5.32 Å². The van der Waals surface area contributed by atoms with Gasteiger partial charge in [0.15, 0.2) is 0 Å². The SMILES string of the molecule is CC(NCC(F)F)C1CCCC1. The van der Waals surface area contributed by atoms with Crippen LogP contribution in [0.4, 0.5) is 8.78 Å². The predicted octanol–water partition coefficient (Wildman–Crippen LogP) is 2.42. The van der Waals surface area contributed by atoms with E-state index in [9.17, 15) is 8.78 Å². The molecule has 0 aromatic rings. The zero-order valence-corrected chi connectivity index (χ0v) is 7.52. The van der Waals surface area contributed by atoms with Crippen LogP contribution in [0.1, 0.15) is 32.6 Å². The molecule has 1 saturated carbocycles. The lowest BCUT2D eigenvalue weighted by atomic mass is 10.00. The summed E-state index contributed by atoms with van der Waals surface area (Å²) < 4.78 is 23.6. The van der Waals surface area contributed by atoms with E-state index in [0.29, 0.717) is 5.92 Å². The van der Waals surface area contributed by atoms with E-state index in [2.05, 4.69) is 5.32 Å². The lowest BCUT2D eigenvalue weighted by Gasteiger charge is -2.19. The number of alkyl halides is 2. The predicted molar refractivity (Wildman–Crippen MR) is 45.4 cm³/mol. The van der Waals surface area contributed by atoms with Gasteiger partial charge in [0.25, 0.3) is 6.43 Å². The summed E-state index contributed by atoms with van der Waals surface area (Å²) >= 11 is 0. The van der Waals surface area contributed by atoms with Crippen LogP contribution in [-0.2, 0) is 0 Å². The van der Waals surface area contributed by atoms with E-state index in [4.69, 9.17) is 0 Å². The van der Waals surface area contributed by atoms with Crippen LogP contribution in [0.3, 0.4) is 0 Å². The molecule has 1 N–H and O–H groups in total. The Morgan fingerprint density at radius 1 is 1.33 bits per heavy atom. The maximum atomic E-state index is 11.8. The largest absolute Gasteiger partial charge is 0.309 e. The van der Waals surface area contributed by atoms with Crippen LogP contribution in [-0.4, -0.2) is 19.0 Å². The first-order valence-corrected chi connectivity index (χ1v) is 4.71. The van der Waals surface area contributed by atoms with E-state index in [1.807, 2.05) is 6.92 Å². The smallest absolute Gasteiger partial charge is 0.250 e. The van der Waals surface area contributed by atoms with E-state index in [1.54, 1.807) is 0 Å². The van der Waals surface area contributed by atoms with Crippen LogP contribution in [0.25, 0.3) is 0 Å². The molecule has 1 unspecified atom stereocenters. The molecule has 1 nitrogen and oxygen atoms in total. The summed E-state index contributed by atoms with van der Waals surface area (Å²) in [4.78, 5) is 0. The fourth-order valence-corrected chi connectivity index (χ4v) is 1.90. The molecule has 0 aromatic carbocycles. The Hall–Kier alpha value is -0.180. The summed E-state index contributed by atoms with van der Waals surface area (Å²) in [7, 11) is 0. The van der Waals surface area contributed by atoms with Gasteiger partial charge in [-0.2, -0.15) is 0 Å². The highest BCUT2D eigenvalue weighted by atomic mass is 19.3. The van der Waals surface area contributed by atoms with E-state index in [1.165, 1.54) is 25.7 Å². The van der Waals surface area contributed by atoms with Crippen molar-refractivity contribution in [2.75, 3.05) is 6.54 Å². The molecule has 1 aliphatic rings. The fraction of sp³-hybridized carbons (Fsp3) is 1.00. The van der Waals surface area contributed by atoms with Gasteiger partial charge in [0.1, 0.15) is 0 Å². The molecule has 0 saturated heterocycles. The average Bonchev–Trinajstić information content (AvgIpc) is 2.51. The van der Waals surface area contributed by atoms with Gasteiger partial charge in [0.05, 0.1) is 6.54 Å². The Labute approximate surface area is 72.5 Å². The molecule has 0 spiro atoms. The molecule has 0 amide bonds. The summed E-state index contributed by atoms with van der Waals surface area (Å²) in [5, 5.41) is 2.87. The van der Waals surface area contributed by atoms with Gasteiger partial charge in [-0.25, -0.2) is 8.78 Å². The molecule has 0 aromatic heterocycles. The Balaban J connectivity index is 2.13. The van der Waals surface area contributed by atoms with Crippen molar-refractivity contribution in [1.82, 2.24) is 5.32 Å². The summed E-state index contributed by atoms with van der Waals surface area (Å²) in [6, 6.07) is 0.265. The van der Waals surface area contributed by atoms with Crippen LogP contribution >= 0.6 is 0 Å². The number of hydrogen-bond donors (Lipinski definition) is 1. The summed E-state index contributed by atoms with van der Waals surface area (Å²) in [6.45, 7) is 1.86. The minimum atomic E-state index is -2.21. The van der Waals surface area contributed by atoms with E-state index < -0.39 is 6.43 Å². The number of hydrogen-bond acceptors (Lipinski definition) is 1. The Bertz CT molecular complexity index is 122. The zero-order chi connectivity index (χ0) is 8.97. The average molecular weight is 177 g/mol. The third kappa shape index (κ3) is 3.05. The number of rotatable bonds is 4. The highest BCUT2D eigenvalue weighted by Crippen LogP contribution is 2.27. The molecule has 1 atom stereocenters.